The molecule has 0 saturated heterocycles. The van der Waals surface area contributed by atoms with Crippen LogP contribution in [0.1, 0.15) is 12.5 Å². The van der Waals surface area contributed by atoms with Gasteiger partial charge in [0.05, 0.1) is 11.3 Å². The molecular formula is C9H12N4O. The van der Waals surface area contributed by atoms with Crippen molar-refractivity contribution in [1.82, 2.24) is 4.98 Å². The van der Waals surface area contributed by atoms with Crippen LogP contribution >= 0.6 is 0 Å². The van der Waals surface area contributed by atoms with E-state index in [-0.39, 0.29) is 0 Å². The standard InChI is InChI=1S/C9H12N4O/c1-6(14)13-9-8(11-2)3-7(4-10)5-12-9/h3,5-6,11,14H,1-2H3,(H,12,13). The first kappa shape index (κ1) is 10.3. The largest absolute Gasteiger partial charge is 0.385 e. The Morgan fingerprint density at radius 3 is 2.86 bits per heavy atom. The predicted molar refractivity (Wildman–Crippen MR) is 53.8 cm³/mol. The lowest BCUT2D eigenvalue weighted by atomic mass is 10.2. The van der Waals surface area contributed by atoms with Crippen molar-refractivity contribution in [2.45, 2.75) is 13.2 Å². The van der Waals surface area contributed by atoms with Gasteiger partial charge in [-0.05, 0) is 13.0 Å². The van der Waals surface area contributed by atoms with Gasteiger partial charge in [0.1, 0.15) is 12.3 Å². The summed E-state index contributed by atoms with van der Waals surface area (Å²) >= 11 is 0. The minimum Gasteiger partial charge on any atom is -0.385 e. The van der Waals surface area contributed by atoms with E-state index in [0.29, 0.717) is 17.1 Å². The molecule has 5 nitrogen and oxygen atoms in total. The number of nitrogens with one attached hydrogen (secondary N) is 2. The molecule has 1 heterocycles. The summed E-state index contributed by atoms with van der Waals surface area (Å²) in [5.41, 5.74) is 1.16. The highest BCUT2D eigenvalue weighted by Crippen LogP contribution is 2.19. The third-order valence-electron chi connectivity index (χ3n) is 1.63. The molecule has 0 amide bonds. The summed E-state index contributed by atoms with van der Waals surface area (Å²) in [6.45, 7) is 1.60. The maximum absolute atomic E-state index is 9.11. The Bertz CT molecular complexity index is 356. The second-order valence-corrected chi connectivity index (χ2v) is 2.80. The molecule has 1 rings (SSSR count). The van der Waals surface area contributed by atoms with Gasteiger partial charge in [-0.3, -0.25) is 0 Å². The average Bonchev–Trinajstić information content (AvgIpc) is 2.17. The molecule has 0 aliphatic heterocycles. The van der Waals surface area contributed by atoms with Gasteiger partial charge in [0.25, 0.3) is 0 Å². The fourth-order valence-corrected chi connectivity index (χ4v) is 1.03. The number of aliphatic hydroxyl groups is 1. The van der Waals surface area contributed by atoms with Crippen molar-refractivity contribution in [3.8, 4) is 6.07 Å². The van der Waals surface area contributed by atoms with Crippen molar-refractivity contribution < 1.29 is 5.11 Å². The molecule has 0 aliphatic rings. The summed E-state index contributed by atoms with van der Waals surface area (Å²) in [7, 11) is 1.73. The zero-order chi connectivity index (χ0) is 10.6. The van der Waals surface area contributed by atoms with Crippen LogP contribution in [0.2, 0.25) is 0 Å². The number of pyridine rings is 1. The van der Waals surface area contributed by atoms with Gasteiger partial charge in [0.2, 0.25) is 0 Å². The quantitative estimate of drug-likeness (QED) is 0.615. The Balaban J connectivity index is 3.00. The lowest BCUT2D eigenvalue weighted by Gasteiger charge is -2.12. The molecule has 1 unspecified atom stereocenters. The van der Waals surface area contributed by atoms with E-state index in [4.69, 9.17) is 10.4 Å². The highest BCUT2D eigenvalue weighted by atomic mass is 16.3. The van der Waals surface area contributed by atoms with Crippen molar-refractivity contribution >= 4 is 11.5 Å². The minimum atomic E-state index is -0.678. The molecule has 0 saturated carbocycles. The van der Waals surface area contributed by atoms with Crippen LogP contribution < -0.4 is 10.6 Å². The first-order chi connectivity index (χ1) is 6.67. The highest BCUT2D eigenvalue weighted by Gasteiger charge is 2.05. The molecule has 1 atom stereocenters. The van der Waals surface area contributed by atoms with Crippen LogP contribution in [-0.2, 0) is 0 Å². The summed E-state index contributed by atoms with van der Waals surface area (Å²) in [4.78, 5) is 4.00. The molecule has 5 heteroatoms. The van der Waals surface area contributed by atoms with E-state index >= 15 is 0 Å². The third-order valence-corrected chi connectivity index (χ3v) is 1.63. The van der Waals surface area contributed by atoms with Crippen LogP contribution in [0.3, 0.4) is 0 Å². The summed E-state index contributed by atoms with van der Waals surface area (Å²) < 4.78 is 0. The molecule has 0 aromatic carbocycles. The number of hydrogen-bond donors (Lipinski definition) is 3. The fourth-order valence-electron chi connectivity index (χ4n) is 1.03. The van der Waals surface area contributed by atoms with Gasteiger partial charge in [-0.15, -0.1) is 0 Å². The smallest absolute Gasteiger partial charge is 0.151 e. The summed E-state index contributed by atoms with van der Waals surface area (Å²) in [6, 6.07) is 3.65. The molecule has 0 bridgehead atoms. The normalized spacial score (nSPS) is 11.6. The second-order valence-electron chi connectivity index (χ2n) is 2.80. The molecule has 1 aromatic rings. The van der Waals surface area contributed by atoms with Gasteiger partial charge in [-0.2, -0.15) is 5.26 Å². The van der Waals surface area contributed by atoms with E-state index < -0.39 is 6.23 Å². The van der Waals surface area contributed by atoms with E-state index in [2.05, 4.69) is 15.6 Å². The Hall–Kier alpha value is -1.80. The second kappa shape index (κ2) is 4.44. The Morgan fingerprint density at radius 1 is 1.64 bits per heavy atom. The molecule has 0 spiro atoms. The van der Waals surface area contributed by atoms with Crippen LogP contribution in [-0.4, -0.2) is 23.4 Å². The van der Waals surface area contributed by atoms with Crippen molar-refractivity contribution in [2.24, 2.45) is 0 Å². The van der Waals surface area contributed by atoms with Gasteiger partial charge in [0.15, 0.2) is 5.82 Å². The van der Waals surface area contributed by atoms with Crippen molar-refractivity contribution in [2.75, 3.05) is 17.7 Å². The zero-order valence-corrected chi connectivity index (χ0v) is 8.07. The first-order valence-electron chi connectivity index (χ1n) is 4.20. The van der Waals surface area contributed by atoms with Crippen LogP contribution in [0.15, 0.2) is 12.3 Å². The van der Waals surface area contributed by atoms with Gasteiger partial charge >= 0.3 is 0 Å². The lowest BCUT2D eigenvalue weighted by Crippen LogP contribution is -2.15. The Kier molecular flexibility index (Phi) is 3.26. The van der Waals surface area contributed by atoms with Crippen LogP contribution in [0, 0.1) is 11.3 Å². The number of nitriles is 1. The maximum atomic E-state index is 9.11. The van der Waals surface area contributed by atoms with Crippen molar-refractivity contribution in [3.05, 3.63) is 17.8 Å². The molecule has 3 N–H and O–H groups in total. The molecule has 74 valence electrons. The average molecular weight is 192 g/mol. The molecular weight excluding hydrogens is 180 g/mol. The zero-order valence-electron chi connectivity index (χ0n) is 8.07. The number of anilines is 2. The number of aliphatic hydroxyl groups excluding tert-OH is 1. The van der Waals surface area contributed by atoms with E-state index in [1.807, 2.05) is 6.07 Å². The fraction of sp³-hybridized carbons (Fsp3) is 0.333. The van der Waals surface area contributed by atoms with Crippen LogP contribution in [0.4, 0.5) is 11.5 Å². The van der Waals surface area contributed by atoms with Crippen molar-refractivity contribution in [3.63, 3.8) is 0 Å². The number of nitrogens with zero attached hydrogens (tertiary/aromatic N) is 2. The summed E-state index contributed by atoms with van der Waals surface area (Å²) in [5, 5.41) is 23.4. The van der Waals surface area contributed by atoms with Crippen molar-refractivity contribution in [1.29, 1.82) is 5.26 Å². The van der Waals surface area contributed by atoms with Gasteiger partial charge in [0, 0.05) is 13.2 Å². The summed E-state index contributed by atoms with van der Waals surface area (Å²) in [6.07, 6.45) is 0.772. The number of rotatable bonds is 3. The van der Waals surface area contributed by atoms with Gasteiger partial charge in [-0.1, -0.05) is 0 Å². The Morgan fingerprint density at radius 2 is 2.36 bits per heavy atom. The predicted octanol–water partition coefficient (Wildman–Crippen LogP) is 0.745. The molecule has 1 aromatic heterocycles. The van der Waals surface area contributed by atoms with Crippen LogP contribution in [0.25, 0.3) is 0 Å². The van der Waals surface area contributed by atoms with E-state index in [1.54, 1.807) is 20.0 Å². The molecule has 0 aliphatic carbocycles. The Labute approximate surface area is 82.4 Å². The number of aromatic nitrogens is 1. The summed E-state index contributed by atoms with van der Waals surface area (Å²) in [5.74, 6) is 0.529. The first-order valence-corrected chi connectivity index (χ1v) is 4.20. The lowest BCUT2D eigenvalue weighted by molar-refractivity contribution is 0.224. The van der Waals surface area contributed by atoms with E-state index in [9.17, 15) is 0 Å². The van der Waals surface area contributed by atoms with E-state index in [0.717, 1.165) is 0 Å². The van der Waals surface area contributed by atoms with Gasteiger partial charge in [-0.25, -0.2) is 4.98 Å². The number of hydrogen-bond acceptors (Lipinski definition) is 5. The van der Waals surface area contributed by atoms with Crippen LogP contribution in [0.5, 0.6) is 0 Å². The SMILES string of the molecule is CNc1cc(C#N)cnc1NC(C)O. The minimum absolute atomic E-state index is 0.477. The molecule has 0 radical (unpaired) electrons. The molecule has 0 fully saturated rings. The molecule has 14 heavy (non-hydrogen) atoms. The van der Waals surface area contributed by atoms with Gasteiger partial charge < -0.3 is 15.7 Å². The maximum Gasteiger partial charge on any atom is 0.151 e. The third kappa shape index (κ3) is 2.34. The van der Waals surface area contributed by atoms with E-state index in [1.165, 1.54) is 6.20 Å². The monoisotopic (exact) mass is 192 g/mol. The topological polar surface area (TPSA) is 81.0 Å². The highest BCUT2D eigenvalue weighted by molar-refractivity contribution is 5.65.